The summed E-state index contributed by atoms with van der Waals surface area (Å²) < 4.78 is 0. The first-order valence-electron chi connectivity index (χ1n) is 7.49. The number of nitrogens with two attached hydrogens (primary N) is 1. The van der Waals surface area contributed by atoms with E-state index in [1.165, 1.54) is 44.3 Å². The summed E-state index contributed by atoms with van der Waals surface area (Å²) >= 11 is 0. The van der Waals surface area contributed by atoms with Crippen molar-refractivity contribution in [2.75, 3.05) is 19.6 Å². The molecule has 2 atom stereocenters. The molecule has 19 heavy (non-hydrogen) atoms. The summed E-state index contributed by atoms with van der Waals surface area (Å²) in [5.41, 5.74) is 7.30. The van der Waals surface area contributed by atoms with E-state index in [4.69, 9.17) is 5.73 Å². The van der Waals surface area contributed by atoms with E-state index in [1.54, 1.807) is 12.1 Å². The average Bonchev–Trinajstić information content (AvgIpc) is 2.44. The molecule has 3 N–H and O–H groups in total. The lowest BCUT2D eigenvalue weighted by atomic mass is 9.85. The van der Waals surface area contributed by atoms with E-state index in [2.05, 4.69) is 11.8 Å². The van der Waals surface area contributed by atoms with Crippen LogP contribution in [-0.2, 0) is 0 Å². The Labute approximate surface area is 116 Å². The van der Waals surface area contributed by atoms with Crippen molar-refractivity contribution in [2.45, 2.75) is 44.6 Å². The summed E-state index contributed by atoms with van der Waals surface area (Å²) in [6.07, 6.45) is 5.05. The molecule has 1 saturated heterocycles. The Morgan fingerprint density at radius 1 is 1.32 bits per heavy atom. The van der Waals surface area contributed by atoms with Gasteiger partial charge in [0, 0.05) is 18.5 Å². The fourth-order valence-electron chi connectivity index (χ4n) is 3.27. The summed E-state index contributed by atoms with van der Waals surface area (Å²) in [6.45, 7) is 5.28. The fraction of sp³-hybridized carbons (Fsp3) is 0.625. The van der Waals surface area contributed by atoms with Gasteiger partial charge in [0.25, 0.3) is 0 Å². The van der Waals surface area contributed by atoms with Crippen LogP contribution in [-0.4, -0.2) is 35.7 Å². The molecule has 106 valence electrons. The first-order chi connectivity index (χ1) is 9.26. The topological polar surface area (TPSA) is 49.5 Å². The van der Waals surface area contributed by atoms with Crippen LogP contribution >= 0.6 is 0 Å². The van der Waals surface area contributed by atoms with Gasteiger partial charge in [0.15, 0.2) is 0 Å². The highest BCUT2D eigenvalue weighted by Crippen LogP contribution is 2.30. The molecule has 3 heteroatoms. The number of rotatable bonds is 5. The highest BCUT2D eigenvalue weighted by atomic mass is 16.3. The Hall–Kier alpha value is -1.06. The monoisotopic (exact) mass is 262 g/mol. The number of phenols is 1. The van der Waals surface area contributed by atoms with E-state index in [-0.39, 0.29) is 0 Å². The molecule has 0 amide bonds. The molecule has 0 spiro atoms. The van der Waals surface area contributed by atoms with Gasteiger partial charge in [0.1, 0.15) is 5.75 Å². The molecule has 0 aliphatic carbocycles. The minimum absolute atomic E-state index is 0.327. The number of piperidine rings is 1. The normalized spacial score (nSPS) is 22.3. The summed E-state index contributed by atoms with van der Waals surface area (Å²) in [7, 11) is 0. The molecule has 1 aromatic carbocycles. The highest BCUT2D eigenvalue weighted by Gasteiger charge is 2.29. The Morgan fingerprint density at radius 3 is 2.68 bits per heavy atom. The van der Waals surface area contributed by atoms with Crippen LogP contribution in [0.1, 0.15) is 44.1 Å². The molecular formula is C16H26N2O. The van der Waals surface area contributed by atoms with Gasteiger partial charge in [-0.1, -0.05) is 25.5 Å². The van der Waals surface area contributed by atoms with Crippen LogP contribution in [0.3, 0.4) is 0 Å². The minimum atomic E-state index is 0.327. The summed E-state index contributed by atoms with van der Waals surface area (Å²) in [5.74, 6) is 0.709. The molecule has 3 nitrogen and oxygen atoms in total. The van der Waals surface area contributed by atoms with Gasteiger partial charge in [-0.3, -0.25) is 4.90 Å². The van der Waals surface area contributed by atoms with Crippen molar-refractivity contribution in [1.82, 2.24) is 4.90 Å². The van der Waals surface area contributed by atoms with Crippen molar-refractivity contribution in [2.24, 2.45) is 5.73 Å². The van der Waals surface area contributed by atoms with Crippen molar-refractivity contribution in [3.05, 3.63) is 29.8 Å². The largest absolute Gasteiger partial charge is 0.508 e. The molecule has 0 radical (unpaired) electrons. The maximum absolute atomic E-state index is 9.42. The molecule has 2 rings (SSSR count). The van der Waals surface area contributed by atoms with Gasteiger partial charge >= 0.3 is 0 Å². The number of aromatic hydroxyl groups is 1. The first-order valence-corrected chi connectivity index (χ1v) is 7.49. The zero-order valence-electron chi connectivity index (χ0n) is 11.9. The second kappa shape index (κ2) is 6.92. The Kier molecular flexibility index (Phi) is 5.23. The molecule has 1 fully saturated rings. The van der Waals surface area contributed by atoms with Crippen LogP contribution in [0.4, 0.5) is 0 Å². The molecule has 1 aliphatic heterocycles. The Balaban J connectivity index is 2.16. The summed E-state index contributed by atoms with van der Waals surface area (Å²) in [5, 5.41) is 9.42. The maximum Gasteiger partial charge on any atom is 0.115 e. The number of hydrogen-bond acceptors (Lipinski definition) is 3. The van der Waals surface area contributed by atoms with Gasteiger partial charge in [-0.25, -0.2) is 0 Å². The predicted molar refractivity (Wildman–Crippen MR) is 79.4 cm³/mol. The average molecular weight is 262 g/mol. The number of likely N-dealkylation sites (tertiary alicyclic amines) is 1. The third-order valence-electron chi connectivity index (χ3n) is 4.21. The van der Waals surface area contributed by atoms with Crippen molar-refractivity contribution in [1.29, 1.82) is 0 Å². The smallest absolute Gasteiger partial charge is 0.115 e. The lowest BCUT2D eigenvalue weighted by Gasteiger charge is -2.40. The minimum Gasteiger partial charge on any atom is -0.508 e. The van der Waals surface area contributed by atoms with Gasteiger partial charge in [-0.2, -0.15) is 0 Å². The van der Waals surface area contributed by atoms with Gasteiger partial charge in [-0.15, -0.1) is 0 Å². The second-order valence-electron chi connectivity index (χ2n) is 5.53. The van der Waals surface area contributed by atoms with Crippen molar-refractivity contribution >= 4 is 0 Å². The van der Waals surface area contributed by atoms with E-state index in [1.807, 2.05) is 12.1 Å². The maximum atomic E-state index is 9.42. The molecule has 0 saturated carbocycles. The zero-order valence-corrected chi connectivity index (χ0v) is 11.9. The molecule has 0 bridgehead atoms. The molecule has 1 aliphatic rings. The van der Waals surface area contributed by atoms with Crippen LogP contribution in [0.25, 0.3) is 0 Å². The first kappa shape index (κ1) is 14.4. The molecule has 0 aromatic heterocycles. The summed E-state index contributed by atoms with van der Waals surface area (Å²) in [4.78, 5) is 2.61. The van der Waals surface area contributed by atoms with E-state index in [0.717, 1.165) is 0 Å². The van der Waals surface area contributed by atoms with Crippen LogP contribution in [0, 0.1) is 0 Å². The van der Waals surface area contributed by atoms with Gasteiger partial charge in [0.05, 0.1) is 0 Å². The highest BCUT2D eigenvalue weighted by molar-refractivity contribution is 5.29. The number of nitrogens with zero attached hydrogens (tertiary/aromatic N) is 1. The van der Waals surface area contributed by atoms with Gasteiger partial charge < -0.3 is 10.8 Å². The lowest BCUT2D eigenvalue weighted by Crippen LogP contribution is -2.45. The van der Waals surface area contributed by atoms with E-state index >= 15 is 0 Å². The Bertz CT molecular complexity index is 375. The van der Waals surface area contributed by atoms with Crippen molar-refractivity contribution < 1.29 is 5.11 Å². The van der Waals surface area contributed by atoms with E-state index < -0.39 is 0 Å². The van der Waals surface area contributed by atoms with Crippen LogP contribution in [0.15, 0.2) is 24.3 Å². The zero-order chi connectivity index (χ0) is 13.7. The predicted octanol–water partition coefficient (Wildman–Crippen LogP) is 2.70. The SMILES string of the molecule is CCCN1CCCCC1C(CN)c1ccc(O)cc1. The Morgan fingerprint density at radius 2 is 2.05 bits per heavy atom. The van der Waals surface area contributed by atoms with Gasteiger partial charge in [0.2, 0.25) is 0 Å². The van der Waals surface area contributed by atoms with Crippen LogP contribution in [0.2, 0.25) is 0 Å². The number of phenolic OH excluding ortho intramolecular Hbond substituents is 1. The van der Waals surface area contributed by atoms with E-state index in [0.29, 0.717) is 24.3 Å². The molecule has 1 heterocycles. The lowest BCUT2D eigenvalue weighted by molar-refractivity contribution is 0.127. The number of hydrogen-bond donors (Lipinski definition) is 2. The second-order valence-corrected chi connectivity index (χ2v) is 5.53. The van der Waals surface area contributed by atoms with Crippen LogP contribution < -0.4 is 5.73 Å². The summed E-state index contributed by atoms with van der Waals surface area (Å²) in [6, 6.07) is 8.14. The standard InChI is InChI=1S/C16H26N2O/c1-2-10-18-11-4-3-5-16(18)15(12-17)13-6-8-14(19)9-7-13/h6-9,15-16,19H,2-5,10-12,17H2,1H3. The number of benzene rings is 1. The van der Waals surface area contributed by atoms with E-state index in [9.17, 15) is 5.11 Å². The molecular weight excluding hydrogens is 236 g/mol. The molecule has 1 aromatic rings. The van der Waals surface area contributed by atoms with Crippen LogP contribution in [0.5, 0.6) is 5.75 Å². The van der Waals surface area contributed by atoms with Crippen molar-refractivity contribution in [3.8, 4) is 5.75 Å². The fourth-order valence-corrected chi connectivity index (χ4v) is 3.27. The third-order valence-corrected chi connectivity index (χ3v) is 4.21. The van der Waals surface area contributed by atoms with Gasteiger partial charge in [-0.05, 0) is 50.0 Å². The molecule has 2 unspecified atom stereocenters. The van der Waals surface area contributed by atoms with Crippen molar-refractivity contribution in [3.63, 3.8) is 0 Å². The quantitative estimate of drug-likeness (QED) is 0.858. The third kappa shape index (κ3) is 3.48.